The third-order valence-corrected chi connectivity index (χ3v) is 5.65. The number of amides is 3. The normalized spacial score (nSPS) is 14.1. The summed E-state index contributed by atoms with van der Waals surface area (Å²) < 4.78 is 0. The zero-order chi connectivity index (χ0) is 26.7. The number of carbonyl (C=O) groups is 4. The molecule has 194 valence electrons. The number of hydrogen-bond donors (Lipinski definition) is 8. The number of rotatable bonds is 13. The average molecular weight is 519 g/mol. The van der Waals surface area contributed by atoms with Gasteiger partial charge in [-0.2, -0.15) is 12.6 Å². The number of aliphatic carboxylic acids is 1. The van der Waals surface area contributed by atoms with E-state index in [2.05, 4.69) is 28.6 Å². The number of phenolic OH excluding ortho intramolecular Hbond substituents is 1. The van der Waals surface area contributed by atoms with E-state index >= 15 is 0 Å². The van der Waals surface area contributed by atoms with Crippen LogP contribution in [0.15, 0.2) is 54.6 Å². The lowest BCUT2D eigenvalue weighted by Crippen LogP contribution is -2.58. The van der Waals surface area contributed by atoms with Gasteiger partial charge >= 0.3 is 5.97 Å². The van der Waals surface area contributed by atoms with Gasteiger partial charge in [0.15, 0.2) is 0 Å². The molecule has 0 aromatic heterocycles. The fraction of sp³-hybridized carbons (Fsp3) is 0.333. The highest BCUT2D eigenvalue weighted by Crippen LogP contribution is 2.12. The molecule has 0 fully saturated rings. The maximum atomic E-state index is 13.3. The van der Waals surface area contributed by atoms with Crippen LogP contribution in [0.1, 0.15) is 11.1 Å². The van der Waals surface area contributed by atoms with Crippen molar-refractivity contribution in [2.75, 3.05) is 12.4 Å². The Morgan fingerprint density at radius 2 is 1.25 bits per heavy atom. The maximum Gasteiger partial charge on any atom is 0.328 e. The smallest absolute Gasteiger partial charge is 0.328 e. The number of thiol groups is 1. The van der Waals surface area contributed by atoms with Crippen molar-refractivity contribution in [1.29, 1.82) is 0 Å². The molecule has 11 nitrogen and oxygen atoms in total. The molecule has 36 heavy (non-hydrogen) atoms. The number of nitrogens with one attached hydrogen (secondary N) is 3. The Labute approximate surface area is 213 Å². The molecule has 2 aromatic rings. The standard InChI is InChI=1S/C24H30N4O7S/c25-17(13-36)21(31)26-18(11-15-6-8-16(30)9-7-15)22(32)27-19(10-14-4-2-1-3-5-14)23(33)28-20(12-29)24(34)35/h1-9,17-20,29-30,36H,10-13,25H2,(H,26,31)(H,27,32)(H,28,33)(H,34,35). The van der Waals surface area contributed by atoms with Gasteiger partial charge < -0.3 is 37.0 Å². The summed E-state index contributed by atoms with van der Waals surface area (Å²) >= 11 is 4.00. The molecule has 12 heteroatoms. The minimum atomic E-state index is -1.56. The summed E-state index contributed by atoms with van der Waals surface area (Å²) in [6, 6.07) is 9.83. The van der Waals surface area contributed by atoms with Crippen LogP contribution >= 0.6 is 12.6 Å². The molecule has 3 amide bonds. The van der Waals surface area contributed by atoms with Crippen LogP contribution in [-0.2, 0) is 32.0 Å². The molecule has 0 aliphatic carbocycles. The van der Waals surface area contributed by atoms with E-state index in [1.165, 1.54) is 12.1 Å². The van der Waals surface area contributed by atoms with Gasteiger partial charge in [-0.15, -0.1) is 0 Å². The number of benzene rings is 2. The summed E-state index contributed by atoms with van der Waals surface area (Å²) in [6.45, 7) is -0.839. The first-order valence-electron chi connectivity index (χ1n) is 11.1. The van der Waals surface area contributed by atoms with E-state index in [0.717, 1.165) is 0 Å². The molecule has 2 rings (SSSR count). The van der Waals surface area contributed by atoms with Gasteiger partial charge in [0.05, 0.1) is 12.6 Å². The van der Waals surface area contributed by atoms with Gasteiger partial charge in [0.25, 0.3) is 0 Å². The third kappa shape index (κ3) is 8.87. The Morgan fingerprint density at radius 1 is 0.778 bits per heavy atom. The molecule has 4 unspecified atom stereocenters. The van der Waals surface area contributed by atoms with Crippen molar-refractivity contribution in [1.82, 2.24) is 16.0 Å². The number of carbonyl (C=O) groups excluding carboxylic acids is 3. The predicted octanol–water partition coefficient (Wildman–Crippen LogP) is -1.03. The molecule has 0 bridgehead atoms. The van der Waals surface area contributed by atoms with E-state index in [1.54, 1.807) is 42.5 Å². The topological polar surface area (TPSA) is 191 Å². The Balaban J connectivity index is 2.29. The van der Waals surface area contributed by atoms with E-state index in [9.17, 15) is 34.5 Å². The second-order valence-electron chi connectivity index (χ2n) is 8.05. The van der Waals surface area contributed by atoms with Crippen LogP contribution in [0.3, 0.4) is 0 Å². The SMILES string of the molecule is NC(CS)C(=O)NC(Cc1ccc(O)cc1)C(=O)NC(Cc1ccccc1)C(=O)NC(CO)C(=O)O. The lowest BCUT2D eigenvalue weighted by Gasteiger charge is -2.25. The molecule has 0 spiro atoms. The van der Waals surface area contributed by atoms with Gasteiger partial charge in [0.1, 0.15) is 23.9 Å². The number of aromatic hydroxyl groups is 1. The fourth-order valence-electron chi connectivity index (χ4n) is 3.23. The van der Waals surface area contributed by atoms with Crippen molar-refractivity contribution in [3.8, 4) is 5.75 Å². The number of carboxylic acid groups (broad SMARTS) is 1. The number of carboxylic acids is 1. The van der Waals surface area contributed by atoms with Crippen molar-refractivity contribution in [3.05, 3.63) is 65.7 Å². The molecule has 2 aromatic carbocycles. The molecule has 0 aliphatic heterocycles. The molecule has 0 saturated carbocycles. The van der Waals surface area contributed by atoms with E-state index in [-0.39, 0.29) is 24.3 Å². The zero-order valence-electron chi connectivity index (χ0n) is 19.3. The van der Waals surface area contributed by atoms with Crippen LogP contribution in [0.4, 0.5) is 0 Å². The summed E-state index contributed by atoms with van der Waals surface area (Å²) in [6.07, 6.45) is 0.0391. The van der Waals surface area contributed by atoms with Gasteiger partial charge in [-0.25, -0.2) is 4.79 Å². The lowest BCUT2D eigenvalue weighted by atomic mass is 10.0. The van der Waals surface area contributed by atoms with Crippen LogP contribution in [0.2, 0.25) is 0 Å². The first-order valence-corrected chi connectivity index (χ1v) is 11.7. The minimum absolute atomic E-state index is 0.0191. The summed E-state index contributed by atoms with van der Waals surface area (Å²) in [5, 5.41) is 35.3. The summed E-state index contributed by atoms with van der Waals surface area (Å²) in [7, 11) is 0. The van der Waals surface area contributed by atoms with Crippen LogP contribution in [0.5, 0.6) is 5.75 Å². The Hall–Kier alpha value is -3.61. The number of aliphatic hydroxyl groups excluding tert-OH is 1. The Bertz CT molecular complexity index is 1040. The zero-order valence-corrected chi connectivity index (χ0v) is 20.2. The highest BCUT2D eigenvalue weighted by atomic mass is 32.1. The van der Waals surface area contributed by atoms with Crippen molar-refractivity contribution in [2.45, 2.75) is 37.0 Å². The molecular formula is C24H30N4O7S. The summed E-state index contributed by atoms with van der Waals surface area (Å²) in [4.78, 5) is 49.9. The van der Waals surface area contributed by atoms with E-state index < -0.39 is 54.5 Å². The molecule has 0 aliphatic rings. The molecule has 0 saturated heterocycles. The Kier molecular flexibility index (Phi) is 11.2. The molecule has 0 radical (unpaired) electrons. The minimum Gasteiger partial charge on any atom is -0.508 e. The molecule has 0 heterocycles. The van der Waals surface area contributed by atoms with Crippen LogP contribution in [0.25, 0.3) is 0 Å². The van der Waals surface area contributed by atoms with Crippen molar-refractivity contribution < 1.29 is 34.5 Å². The fourth-order valence-corrected chi connectivity index (χ4v) is 3.39. The second kappa shape index (κ2) is 14.1. The largest absolute Gasteiger partial charge is 0.508 e. The number of hydrogen-bond acceptors (Lipinski definition) is 8. The van der Waals surface area contributed by atoms with Crippen molar-refractivity contribution >= 4 is 36.3 Å². The van der Waals surface area contributed by atoms with Gasteiger partial charge in [-0.1, -0.05) is 42.5 Å². The third-order valence-electron chi connectivity index (χ3n) is 5.26. The average Bonchev–Trinajstić information content (AvgIpc) is 2.87. The summed E-state index contributed by atoms with van der Waals surface area (Å²) in [5.74, 6) is -3.54. The van der Waals surface area contributed by atoms with E-state index in [4.69, 9.17) is 5.73 Å². The lowest BCUT2D eigenvalue weighted by molar-refractivity contribution is -0.143. The van der Waals surface area contributed by atoms with Crippen molar-refractivity contribution in [2.24, 2.45) is 5.73 Å². The van der Waals surface area contributed by atoms with Gasteiger partial charge in [-0.3, -0.25) is 14.4 Å². The summed E-state index contributed by atoms with van der Waals surface area (Å²) in [5.41, 5.74) is 7.03. The first-order chi connectivity index (χ1) is 17.1. The van der Waals surface area contributed by atoms with E-state index in [1.807, 2.05) is 0 Å². The monoisotopic (exact) mass is 518 g/mol. The maximum absolute atomic E-state index is 13.3. The number of aliphatic hydroxyl groups is 1. The van der Waals surface area contributed by atoms with Crippen LogP contribution in [-0.4, -0.2) is 75.5 Å². The first kappa shape index (κ1) is 28.6. The van der Waals surface area contributed by atoms with E-state index in [0.29, 0.717) is 11.1 Å². The Morgan fingerprint density at radius 3 is 1.72 bits per heavy atom. The van der Waals surface area contributed by atoms with Crippen LogP contribution in [0, 0.1) is 0 Å². The van der Waals surface area contributed by atoms with Crippen molar-refractivity contribution in [3.63, 3.8) is 0 Å². The van der Waals surface area contributed by atoms with Gasteiger partial charge in [0.2, 0.25) is 17.7 Å². The molecule has 4 atom stereocenters. The highest BCUT2D eigenvalue weighted by molar-refractivity contribution is 7.80. The molecule has 8 N–H and O–H groups in total. The van der Waals surface area contributed by atoms with Gasteiger partial charge in [-0.05, 0) is 23.3 Å². The number of phenols is 1. The second-order valence-corrected chi connectivity index (χ2v) is 8.42. The van der Waals surface area contributed by atoms with Gasteiger partial charge in [0, 0.05) is 18.6 Å². The number of nitrogens with two attached hydrogens (primary N) is 1. The van der Waals surface area contributed by atoms with Crippen LogP contribution < -0.4 is 21.7 Å². The highest BCUT2D eigenvalue weighted by Gasteiger charge is 2.30. The molecular weight excluding hydrogens is 488 g/mol. The quantitative estimate of drug-likeness (QED) is 0.154. The predicted molar refractivity (Wildman–Crippen MR) is 134 cm³/mol.